The zero-order chi connectivity index (χ0) is 20.7. The van der Waals surface area contributed by atoms with Gasteiger partial charge >= 0.3 is 5.97 Å². The van der Waals surface area contributed by atoms with Gasteiger partial charge in [0.05, 0.1) is 5.56 Å². The topological polar surface area (TPSA) is 112 Å². The van der Waals surface area contributed by atoms with Gasteiger partial charge in [-0.1, -0.05) is 17.8 Å². The minimum Gasteiger partial charge on any atom is -0.444 e. The number of carbonyl (C=O) groups excluding carboxylic acids is 3. The van der Waals surface area contributed by atoms with E-state index in [1.807, 2.05) is 24.8 Å². The van der Waals surface area contributed by atoms with Crippen LogP contribution in [0.4, 0.5) is 5.69 Å². The second-order valence-electron chi connectivity index (χ2n) is 6.02. The average molecular weight is 402 g/mol. The van der Waals surface area contributed by atoms with Crippen LogP contribution in [0.3, 0.4) is 0 Å². The summed E-state index contributed by atoms with van der Waals surface area (Å²) in [6.07, 6.45) is -0.881. The maximum absolute atomic E-state index is 12.3. The van der Waals surface area contributed by atoms with Gasteiger partial charge in [0, 0.05) is 25.2 Å². The van der Waals surface area contributed by atoms with Crippen molar-refractivity contribution in [3.63, 3.8) is 0 Å². The third kappa shape index (κ3) is 5.57. The molecule has 1 N–H and O–H groups in total. The van der Waals surface area contributed by atoms with Gasteiger partial charge in [-0.15, -0.1) is 0 Å². The Balaban J connectivity index is 1.95. The lowest BCUT2D eigenvalue weighted by Crippen LogP contribution is -2.27. The van der Waals surface area contributed by atoms with Crippen LogP contribution >= 0.6 is 11.8 Å². The minimum absolute atomic E-state index is 0.0160. The Morgan fingerprint density at radius 2 is 2.11 bits per heavy atom. The van der Waals surface area contributed by atoms with E-state index in [9.17, 15) is 14.4 Å². The molecule has 0 aromatic heterocycles. The Bertz CT molecular complexity index is 829. The lowest BCUT2D eigenvalue weighted by atomic mass is 10.2. The Hall–Kier alpha value is -2.86. The van der Waals surface area contributed by atoms with Gasteiger partial charge in [-0.2, -0.15) is 10.3 Å². The summed E-state index contributed by atoms with van der Waals surface area (Å²) in [7, 11) is 0. The van der Waals surface area contributed by atoms with Crippen LogP contribution in [0.5, 0.6) is 0 Å². The number of hydrogen-bond acceptors (Lipinski definition) is 7. The first-order valence-electron chi connectivity index (χ1n) is 8.92. The Morgan fingerprint density at radius 3 is 2.75 bits per heavy atom. The number of esters is 1. The molecule has 0 bridgehead atoms. The third-order valence-electron chi connectivity index (χ3n) is 3.98. The van der Waals surface area contributed by atoms with E-state index in [0.29, 0.717) is 10.9 Å². The molecule has 0 unspecified atom stereocenters. The molecule has 9 heteroatoms. The molecule has 1 heterocycles. The largest absolute Gasteiger partial charge is 0.444 e. The molecule has 1 aromatic rings. The molecule has 28 heavy (non-hydrogen) atoms. The van der Waals surface area contributed by atoms with E-state index < -0.39 is 17.3 Å². The van der Waals surface area contributed by atoms with Crippen LogP contribution in [0.25, 0.3) is 0 Å². The number of thioether (sulfide) groups is 1. The maximum Gasteiger partial charge on any atom is 0.339 e. The fourth-order valence-corrected chi connectivity index (χ4v) is 3.69. The van der Waals surface area contributed by atoms with Crippen LogP contribution < -0.4 is 5.32 Å². The SMILES string of the molecule is CCN(CC)C1=NC(=O)[C@@H](CC(=O)Nc2cccc(C(=O)O[C@H](C)C#N)c2)S1. The highest BCUT2D eigenvalue weighted by molar-refractivity contribution is 8.15. The smallest absolute Gasteiger partial charge is 0.339 e. The van der Waals surface area contributed by atoms with Crippen molar-refractivity contribution >= 4 is 40.4 Å². The predicted octanol–water partition coefficient (Wildman–Crippen LogP) is 2.42. The van der Waals surface area contributed by atoms with Crippen LogP contribution in [-0.4, -0.2) is 52.3 Å². The van der Waals surface area contributed by atoms with Crippen molar-refractivity contribution in [2.75, 3.05) is 18.4 Å². The summed E-state index contributed by atoms with van der Waals surface area (Å²) in [4.78, 5) is 42.4. The summed E-state index contributed by atoms with van der Waals surface area (Å²) in [5, 5.41) is 11.5. The molecule has 0 spiro atoms. The molecule has 0 aliphatic carbocycles. The predicted molar refractivity (Wildman–Crippen MR) is 107 cm³/mol. The average Bonchev–Trinajstić information content (AvgIpc) is 3.02. The van der Waals surface area contributed by atoms with E-state index in [1.54, 1.807) is 12.1 Å². The molecule has 1 aromatic carbocycles. The van der Waals surface area contributed by atoms with Gasteiger partial charge in [-0.25, -0.2) is 4.79 Å². The summed E-state index contributed by atoms with van der Waals surface area (Å²) >= 11 is 1.29. The second-order valence-corrected chi connectivity index (χ2v) is 7.19. The zero-order valence-corrected chi connectivity index (χ0v) is 16.8. The van der Waals surface area contributed by atoms with Crippen molar-refractivity contribution in [1.82, 2.24) is 4.90 Å². The summed E-state index contributed by atoms with van der Waals surface area (Å²) in [6.45, 7) is 6.90. The summed E-state index contributed by atoms with van der Waals surface area (Å²) in [6, 6.07) is 8.04. The van der Waals surface area contributed by atoms with Crippen molar-refractivity contribution in [2.24, 2.45) is 4.99 Å². The number of carbonyl (C=O) groups is 3. The van der Waals surface area contributed by atoms with Gasteiger partial charge in [0.25, 0.3) is 5.91 Å². The number of anilines is 1. The Kier molecular flexibility index (Phi) is 7.58. The maximum atomic E-state index is 12.3. The first kappa shape index (κ1) is 21.4. The highest BCUT2D eigenvalue weighted by atomic mass is 32.2. The van der Waals surface area contributed by atoms with Gasteiger partial charge in [-0.05, 0) is 39.0 Å². The quantitative estimate of drug-likeness (QED) is 0.697. The van der Waals surface area contributed by atoms with Crippen LogP contribution in [0.1, 0.15) is 37.6 Å². The van der Waals surface area contributed by atoms with E-state index in [2.05, 4.69) is 10.3 Å². The molecule has 8 nitrogen and oxygen atoms in total. The van der Waals surface area contributed by atoms with Crippen molar-refractivity contribution in [1.29, 1.82) is 5.26 Å². The van der Waals surface area contributed by atoms with Gasteiger partial charge in [0.1, 0.15) is 11.3 Å². The molecule has 1 aliphatic heterocycles. The van der Waals surface area contributed by atoms with Gasteiger partial charge in [0.15, 0.2) is 11.3 Å². The van der Waals surface area contributed by atoms with Crippen LogP contribution in [0.15, 0.2) is 29.3 Å². The van der Waals surface area contributed by atoms with Crippen molar-refractivity contribution < 1.29 is 19.1 Å². The van der Waals surface area contributed by atoms with Crippen LogP contribution in [0, 0.1) is 11.3 Å². The van der Waals surface area contributed by atoms with Gasteiger partial charge in [-0.3, -0.25) is 9.59 Å². The minimum atomic E-state index is -0.865. The number of aliphatic imine (C=N–C) groups is 1. The normalized spacial score (nSPS) is 16.7. The number of benzene rings is 1. The summed E-state index contributed by atoms with van der Waals surface area (Å²) < 4.78 is 4.94. The number of amidine groups is 1. The first-order valence-corrected chi connectivity index (χ1v) is 9.80. The molecule has 2 rings (SSSR count). The number of rotatable bonds is 7. The fraction of sp³-hybridized carbons (Fsp3) is 0.421. The van der Waals surface area contributed by atoms with Crippen molar-refractivity contribution in [3.8, 4) is 6.07 Å². The fourth-order valence-electron chi connectivity index (χ4n) is 2.50. The highest BCUT2D eigenvalue weighted by Gasteiger charge is 2.32. The van der Waals surface area contributed by atoms with E-state index >= 15 is 0 Å². The molecule has 1 aliphatic rings. The molecule has 2 amide bonds. The van der Waals surface area contributed by atoms with Crippen molar-refractivity contribution in [3.05, 3.63) is 29.8 Å². The molecular formula is C19H22N4O4S. The van der Waals surface area contributed by atoms with E-state index in [1.165, 1.54) is 30.8 Å². The zero-order valence-electron chi connectivity index (χ0n) is 16.0. The molecule has 0 radical (unpaired) electrons. The molecule has 0 fully saturated rings. The van der Waals surface area contributed by atoms with Crippen molar-refractivity contribution in [2.45, 2.75) is 38.5 Å². The third-order valence-corrected chi connectivity index (χ3v) is 5.19. The van der Waals surface area contributed by atoms with E-state index in [0.717, 1.165) is 13.1 Å². The number of ether oxygens (including phenoxy) is 1. The summed E-state index contributed by atoms with van der Waals surface area (Å²) in [5.74, 6) is -1.31. The van der Waals surface area contributed by atoms with Crippen LogP contribution in [-0.2, 0) is 14.3 Å². The second kappa shape index (κ2) is 9.90. The van der Waals surface area contributed by atoms with E-state index in [4.69, 9.17) is 10.00 Å². The van der Waals surface area contributed by atoms with Crippen LogP contribution in [0.2, 0.25) is 0 Å². The summed E-state index contributed by atoms with van der Waals surface area (Å²) in [5.41, 5.74) is 0.628. The number of nitrogens with one attached hydrogen (secondary N) is 1. The Morgan fingerprint density at radius 1 is 1.39 bits per heavy atom. The molecule has 0 saturated heterocycles. The van der Waals surface area contributed by atoms with Gasteiger partial charge in [0.2, 0.25) is 5.91 Å². The molecule has 0 saturated carbocycles. The van der Waals surface area contributed by atoms with E-state index in [-0.39, 0.29) is 23.8 Å². The first-order chi connectivity index (χ1) is 13.4. The molecule has 2 atom stereocenters. The molecular weight excluding hydrogens is 380 g/mol. The Labute approximate surface area is 167 Å². The standard InChI is InChI=1S/C19H22N4O4S/c1-4-23(5-2)19-22-17(25)15(28-19)10-16(24)21-14-8-6-7-13(9-14)18(26)27-12(3)11-20/h6-9,12,15H,4-5,10H2,1-3H3,(H,21,24)/t12-,15-/m1/s1. The lowest BCUT2D eigenvalue weighted by Gasteiger charge is -2.19. The number of amides is 2. The highest BCUT2D eigenvalue weighted by Crippen LogP contribution is 2.27. The molecule has 148 valence electrons. The number of nitrogens with zero attached hydrogens (tertiary/aromatic N) is 3. The van der Waals surface area contributed by atoms with Gasteiger partial charge < -0.3 is 15.0 Å². The monoisotopic (exact) mass is 402 g/mol. The number of nitriles is 1. The lowest BCUT2D eigenvalue weighted by molar-refractivity contribution is -0.121. The number of hydrogen-bond donors (Lipinski definition) is 1.